The van der Waals surface area contributed by atoms with Crippen molar-refractivity contribution in [2.45, 2.75) is 18.2 Å². The minimum atomic E-state index is -3.75. The van der Waals surface area contributed by atoms with E-state index >= 15 is 0 Å². The van der Waals surface area contributed by atoms with E-state index in [4.69, 9.17) is 14.7 Å². The van der Waals surface area contributed by atoms with Gasteiger partial charge in [0, 0.05) is 19.6 Å². The van der Waals surface area contributed by atoms with Crippen LogP contribution in [0.1, 0.15) is 22.3 Å². The van der Waals surface area contributed by atoms with Crippen LogP contribution in [0, 0.1) is 18.3 Å². The number of ether oxygens (including phenoxy) is 2. The molecule has 10 heteroatoms. The number of nitriles is 1. The highest BCUT2D eigenvalue weighted by molar-refractivity contribution is 7.89. The summed E-state index contributed by atoms with van der Waals surface area (Å²) in [4.78, 5) is 23.8. The van der Waals surface area contributed by atoms with Crippen LogP contribution in [-0.4, -0.2) is 64.1 Å². The summed E-state index contributed by atoms with van der Waals surface area (Å²) in [5.74, 6) is -1.32. The number of carbonyl (C=O) groups excluding carboxylic acids is 2. The second-order valence-corrected chi connectivity index (χ2v) is 7.77. The van der Waals surface area contributed by atoms with Gasteiger partial charge in [-0.15, -0.1) is 0 Å². The number of carbonyl (C=O) groups is 2. The zero-order chi connectivity index (χ0) is 19.9. The Hall–Kier alpha value is -2.48. The highest BCUT2D eigenvalue weighted by atomic mass is 32.2. The summed E-state index contributed by atoms with van der Waals surface area (Å²) in [6.45, 7) is 2.44. The molecule has 9 nitrogen and oxygen atoms in total. The number of rotatable bonds is 7. The fraction of sp³-hybridized carbons (Fsp3) is 0.471. The van der Waals surface area contributed by atoms with Gasteiger partial charge in [0.15, 0.2) is 6.61 Å². The molecule has 1 N–H and O–H groups in total. The third-order valence-corrected chi connectivity index (χ3v) is 5.82. The predicted octanol–water partition coefficient (Wildman–Crippen LogP) is 0.203. The van der Waals surface area contributed by atoms with Crippen LogP contribution in [0.25, 0.3) is 0 Å². The van der Waals surface area contributed by atoms with Crippen molar-refractivity contribution in [1.29, 1.82) is 5.26 Å². The number of hydrogen-bond acceptors (Lipinski definition) is 7. The molecule has 1 amide bonds. The maximum absolute atomic E-state index is 12.7. The summed E-state index contributed by atoms with van der Waals surface area (Å²) in [5, 5.41) is 10.8. The number of morpholine rings is 1. The Balaban J connectivity index is 2.09. The number of nitrogens with zero attached hydrogens (tertiary/aromatic N) is 2. The van der Waals surface area contributed by atoms with Gasteiger partial charge >= 0.3 is 5.97 Å². The summed E-state index contributed by atoms with van der Waals surface area (Å²) in [5.41, 5.74) is 0.611. The number of hydrogen-bond donors (Lipinski definition) is 1. The molecule has 1 heterocycles. The van der Waals surface area contributed by atoms with Crippen molar-refractivity contribution in [1.82, 2.24) is 9.62 Å². The number of benzene rings is 1. The molecular formula is C17H21N3O6S. The van der Waals surface area contributed by atoms with E-state index in [0.717, 1.165) is 0 Å². The molecule has 146 valence electrons. The summed E-state index contributed by atoms with van der Waals surface area (Å²) < 4.78 is 36.9. The Bertz CT molecular complexity index is 841. The molecule has 1 fully saturated rings. The van der Waals surface area contributed by atoms with Gasteiger partial charge in [0.05, 0.1) is 36.2 Å². The van der Waals surface area contributed by atoms with Crippen molar-refractivity contribution in [3.63, 3.8) is 0 Å². The normalized spacial score (nSPS) is 15.0. The first-order valence-corrected chi connectivity index (χ1v) is 9.79. The topological polar surface area (TPSA) is 126 Å². The largest absolute Gasteiger partial charge is 0.452 e. The minimum absolute atomic E-state index is 0.0135. The quantitative estimate of drug-likeness (QED) is 0.516. The Morgan fingerprint density at radius 1 is 1.33 bits per heavy atom. The number of nitrogens with one attached hydrogen (secondary N) is 1. The summed E-state index contributed by atoms with van der Waals surface area (Å²) in [6.07, 6.45) is 0.153. The van der Waals surface area contributed by atoms with E-state index in [1.165, 1.54) is 22.5 Å². The molecule has 1 aromatic carbocycles. The van der Waals surface area contributed by atoms with E-state index in [1.807, 2.05) is 6.07 Å². The standard InChI is InChI=1S/C17H21N3O6S/c1-13-3-4-14(27(23,24)20-7-9-25-10-8-20)11-15(13)17(22)26-12-16(21)19-6-2-5-18/h3-4,11H,2,6-10,12H2,1H3,(H,19,21). The van der Waals surface area contributed by atoms with E-state index < -0.39 is 28.5 Å². The SMILES string of the molecule is Cc1ccc(S(=O)(=O)N2CCOCC2)cc1C(=O)OCC(=O)NCCC#N. The van der Waals surface area contributed by atoms with E-state index in [1.54, 1.807) is 6.92 Å². The lowest BCUT2D eigenvalue weighted by atomic mass is 10.1. The molecule has 0 aliphatic carbocycles. The number of sulfonamides is 1. The van der Waals surface area contributed by atoms with Crippen molar-refractivity contribution in [3.05, 3.63) is 29.3 Å². The van der Waals surface area contributed by atoms with Crippen molar-refractivity contribution in [2.24, 2.45) is 0 Å². The second kappa shape index (κ2) is 9.45. The molecule has 1 aliphatic heterocycles. The summed E-state index contributed by atoms with van der Waals surface area (Å²) >= 11 is 0. The second-order valence-electron chi connectivity index (χ2n) is 5.83. The van der Waals surface area contributed by atoms with Gasteiger partial charge in [0.2, 0.25) is 10.0 Å². The average molecular weight is 395 g/mol. The van der Waals surface area contributed by atoms with Gasteiger partial charge in [-0.05, 0) is 24.6 Å². The van der Waals surface area contributed by atoms with Crippen LogP contribution in [0.5, 0.6) is 0 Å². The van der Waals surface area contributed by atoms with Crippen LogP contribution in [0.4, 0.5) is 0 Å². The smallest absolute Gasteiger partial charge is 0.338 e. The van der Waals surface area contributed by atoms with Crippen molar-refractivity contribution >= 4 is 21.9 Å². The molecular weight excluding hydrogens is 374 g/mol. The van der Waals surface area contributed by atoms with Gasteiger partial charge in [-0.1, -0.05) is 6.07 Å². The number of esters is 1. The van der Waals surface area contributed by atoms with E-state index in [-0.39, 0.29) is 36.5 Å². The molecule has 0 atom stereocenters. The monoisotopic (exact) mass is 395 g/mol. The average Bonchev–Trinajstić information content (AvgIpc) is 2.67. The van der Waals surface area contributed by atoms with E-state index in [2.05, 4.69) is 5.32 Å². The van der Waals surface area contributed by atoms with Crippen molar-refractivity contribution in [2.75, 3.05) is 39.5 Å². The third kappa shape index (κ3) is 5.50. The lowest BCUT2D eigenvalue weighted by molar-refractivity contribution is -0.124. The summed E-state index contributed by atoms with van der Waals surface area (Å²) in [6, 6.07) is 6.10. The van der Waals surface area contributed by atoms with Crippen LogP contribution in [0.3, 0.4) is 0 Å². The number of aryl methyl sites for hydroxylation is 1. The maximum atomic E-state index is 12.7. The first kappa shape index (κ1) is 20.8. The molecule has 1 aliphatic rings. The Kier molecular flexibility index (Phi) is 7.29. The fourth-order valence-corrected chi connectivity index (χ4v) is 3.87. The first-order chi connectivity index (χ1) is 12.9. The number of amides is 1. The molecule has 1 aromatic rings. The highest BCUT2D eigenvalue weighted by Crippen LogP contribution is 2.21. The van der Waals surface area contributed by atoms with Gasteiger partial charge in [0.25, 0.3) is 5.91 Å². The van der Waals surface area contributed by atoms with Crippen LogP contribution in [-0.2, 0) is 24.3 Å². The zero-order valence-corrected chi connectivity index (χ0v) is 15.8. The third-order valence-electron chi connectivity index (χ3n) is 3.93. The van der Waals surface area contributed by atoms with Crippen LogP contribution in [0.15, 0.2) is 23.1 Å². The first-order valence-electron chi connectivity index (χ1n) is 8.35. The maximum Gasteiger partial charge on any atom is 0.338 e. The molecule has 0 bridgehead atoms. The van der Waals surface area contributed by atoms with Gasteiger partial charge in [0.1, 0.15) is 0 Å². The minimum Gasteiger partial charge on any atom is -0.452 e. The fourth-order valence-electron chi connectivity index (χ4n) is 2.44. The molecule has 2 rings (SSSR count). The van der Waals surface area contributed by atoms with Crippen LogP contribution < -0.4 is 5.32 Å². The Labute approximate surface area is 157 Å². The van der Waals surface area contributed by atoms with Crippen LogP contribution >= 0.6 is 0 Å². The van der Waals surface area contributed by atoms with Gasteiger partial charge in [-0.25, -0.2) is 13.2 Å². The van der Waals surface area contributed by atoms with E-state index in [0.29, 0.717) is 18.8 Å². The molecule has 0 radical (unpaired) electrons. The lowest BCUT2D eigenvalue weighted by Gasteiger charge is -2.26. The zero-order valence-electron chi connectivity index (χ0n) is 14.9. The van der Waals surface area contributed by atoms with Gasteiger partial charge in [-0.3, -0.25) is 4.79 Å². The molecule has 0 saturated carbocycles. The lowest BCUT2D eigenvalue weighted by Crippen LogP contribution is -2.40. The molecule has 0 spiro atoms. The molecule has 1 saturated heterocycles. The Morgan fingerprint density at radius 2 is 2.04 bits per heavy atom. The van der Waals surface area contributed by atoms with Crippen LogP contribution in [0.2, 0.25) is 0 Å². The molecule has 27 heavy (non-hydrogen) atoms. The van der Waals surface area contributed by atoms with Gasteiger partial charge in [-0.2, -0.15) is 9.57 Å². The molecule has 0 aromatic heterocycles. The van der Waals surface area contributed by atoms with Gasteiger partial charge < -0.3 is 14.8 Å². The molecule has 0 unspecified atom stereocenters. The summed E-state index contributed by atoms with van der Waals surface area (Å²) in [7, 11) is -3.75. The van der Waals surface area contributed by atoms with E-state index in [9.17, 15) is 18.0 Å². The Morgan fingerprint density at radius 3 is 2.70 bits per heavy atom. The highest BCUT2D eigenvalue weighted by Gasteiger charge is 2.27. The van der Waals surface area contributed by atoms with Crippen molar-refractivity contribution in [3.8, 4) is 6.07 Å². The predicted molar refractivity (Wildman–Crippen MR) is 94.3 cm³/mol. The van der Waals surface area contributed by atoms with Crippen molar-refractivity contribution < 1.29 is 27.5 Å².